The number of amides is 1. The van der Waals surface area contributed by atoms with Crippen LogP contribution in [0.2, 0.25) is 0 Å². The first-order valence-corrected chi connectivity index (χ1v) is 11.5. The maximum absolute atomic E-state index is 11.1. The van der Waals surface area contributed by atoms with Gasteiger partial charge in [-0.3, -0.25) is 4.90 Å². The van der Waals surface area contributed by atoms with E-state index >= 15 is 0 Å². The highest BCUT2D eigenvalue weighted by molar-refractivity contribution is 5.91. The first kappa shape index (κ1) is 21.9. The zero-order chi connectivity index (χ0) is 23.5. The van der Waals surface area contributed by atoms with Crippen LogP contribution in [0.3, 0.4) is 0 Å². The number of fused-ring (bicyclic) bond motifs is 1. The number of benzene rings is 2. The molecule has 1 fully saturated rings. The number of rotatable bonds is 6. The summed E-state index contributed by atoms with van der Waals surface area (Å²) in [4.78, 5) is 27.2. The lowest BCUT2D eigenvalue weighted by atomic mass is 10.1. The van der Waals surface area contributed by atoms with Gasteiger partial charge in [0.05, 0.1) is 5.39 Å². The van der Waals surface area contributed by atoms with E-state index in [1.807, 2.05) is 18.2 Å². The van der Waals surface area contributed by atoms with Crippen LogP contribution in [0.1, 0.15) is 24.1 Å². The molecule has 3 heterocycles. The molecule has 1 atom stereocenters. The fraction of sp³-hybridized carbons (Fsp3) is 0.269. The number of H-pyrrole nitrogens is 1. The van der Waals surface area contributed by atoms with E-state index < -0.39 is 6.09 Å². The third-order valence-corrected chi connectivity index (χ3v) is 6.39. The molecule has 0 saturated carbocycles. The van der Waals surface area contributed by atoms with Gasteiger partial charge >= 0.3 is 6.09 Å². The van der Waals surface area contributed by atoms with Gasteiger partial charge in [0.1, 0.15) is 17.8 Å². The number of aromatic amines is 1. The molecule has 34 heavy (non-hydrogen) atoms. The summed E-state index contributed by atoms with van der Waals surface area (Å²) in [5.41, 5.74) is 5.28. The number of piperazine rings is 1. The Morgan fingerprint density at radius 2 is 1.79 bits per heavy atom. The third kappa shape index (κ3) is 4.72. The van der Waals surface area contributed by atoms with Crippen LogP contribution in [-0.2, 0) is 6.54 Å². The molecular formula is C26H28N6O2. The molecule has 5 rings (SSSR count). The maximum atomic E-state index is 11.1. The second-order valence-corrected chi connectivity index (χ2v) is 8.69. The number of nitrogens with one attached hydrogen (secondary N) is 2. The summed E-state index contributed by atoms with van der Waals surface area (Å²) >= 11 is 0. The van der Waals surface area contributed by atoms with Crippen LogP contribution in [0.25, 0.3) is 22.3 Å². The minimum Gasteiger partial charge on any atom is -0.465 e. The molecule has 2 aromatic carbocycles. The lowest BCUT2D eigenvalue weighted by molar-refractivity contribution is 0.103. The third-order valence-electron chi connectivity index (χ3n) is 6.39. The summed E-state index contributed by atoms with van der Waals surface area (Å²) in [6, 6.07) is 21.0. The van der Waals surface area contributed by atoms with Gasteiger partial charge in [-0.2, -0.15) is 0 Å². The van der Waals surface area contributed by atoms with Crippen LogP contribution in [0.5, 0.6) is 0 Å². The molecule has 1 aliphatic heterocycles. The van der Waals surface area contributed by atoms with E-state index in [9.17, 15) is 4.79 Å². The molecule has 8 nitrogen and oxygen atoms in total. The van der Waals surface area contributed by atoms with Gasteiger partial charge in [0.15, 0.2) is 0 Å². The fourth-order valence-corrected chi connectivity index (χ4v) is 4.39. The summed E-state index contributed by atoms with van der Waals surface area (Å²) in [5, 5.41) is 13.6. The number of hydrogen-bond acceptors (Lipinski definition) is 5. The number of nitrogens with zero attached hydrogens (tertiary/aromatic N) is 4. The van der Waals surface area contributed by atoms with Crippen molar-refractivity contribution in [3.63, 3.8) is 0 Å². The van der Waals surface area contributed by atoms with Crippen LogP contribution in [0.15, 0.2) is 67.0 Å². The van der Waals surface area contributed by atoms with E-state index in [1.54, 1.807) is 6.33 Å². The number of hydrogen-bond donors (Lipinski definition) is 3. The molecule has 0 radical (unpaired) electrons. The normalized spacial score (nSPS) is 15.4. The molecule has 0 spiro atoms. The first-order chi connectivity index (χ1) is 16.6. The van der Waals surface area contributed by atoms with Crippen LogP contribution < -0.4 is 5.32 Å². The van der Waals surface area contributed by atoms with Crippen molar-refractivity contribution in [1.82, 2.24) is 24.8 Å². The number of carboxylic acid groups (broad SMARTS) is 1. The van der Waals surface area contributed by atoms with Crippen molar-refractivity contribution in [2.45, 2.75) is 19.5 Å². The van der Waals surface area contributed by atoms with Crippen LogP contribution in [-0.4, -0.2) is 62.1 Å². The Labute approximate surface area is 198 Å². The average Bonchev–Trinajstić information content (AvgIpc) is 3.31. The molecular weight excluding hydrogens is 428 g/mol. The molecule has 3 N–H and O–H groups in total. The van der Waals surface area contributed by atoms with E-state index in [1.165, 1.54) is 16.0 Å². The first-order valence-electron chi connectivity index (χ1n) is 11.5. The second kappa shape index (κ2) is 9.52. The van der Waals surface area contributed by atoms with Gasteiger partial charge in [-0.1, -0.05) is 54.6 Å². The second-order valence-electron chi connectivity index (χ2n) is 8.69. The molecule has 1 amide bonds. The van der Waals surface area contributed by atoms with Crippen LogP contribution in [0.4, 0.5) is 10.6 Å². The zero-order valence-electron chi connectivity index (χ0n) is 19.1. The van der Waals surface area contributed by atoms with Gasteiger partial charge < -0.3 is 20.3 Å². The number of carbonyl (C=O) groups is 1. The topological polar surface area (TPSA) is 97.4 Å². The van der Waals surface area contributed by atoms with Crippen molar-refractivity contribution in [3.8, 4) is 11.3 Å². The van der Waals surface area contributed by atoms with Gasteiger partial charge in [0, 0.05) is 44.5 Å². The Morgan fingerprint density at radius 1 is 1.06 bits per heavy atom. The van der Waals surface area contributed by atoms with Gasteiger partial charge in [-0.25, -0.2) is 14.8 Å². The van der Waals surface area contributed by atoms with E-state index in [0.717, 1.165) is 47.7 Å². The van der Waals surface area contributed by atoms with E-state index in [0.29, 0.717) is 13.1 Å². The molecule has 1 saturated heterocycles. The Kier molecular flexibility index (Phi) is 6.14. The van der Waals surface area contributed by atoms with E-state index in [4.69, 9.17) is 5.11 Å². The Balaban J connectivity index is 1.29. The van der Waals surface area contributed by atoms with Crippen molar-refractivity contribution in [1.29, 1.82) is 0 Å². The quantitative estimate of drug-likeness (QED) is 0.393. The largest absolute Gasteiger partial charge is 0.465 e. The monoisotopic (exact) mass is 456 g/mol. The lowest BCUT2D eigenvalue weighted by Crippen LogP contribution is -2.47. The maximum Gasteiger partial charge on any atom is 0.407 e. The van der Waals surface area contributed by atoms with E-state index in [2.05, 4.69) is 74.6 Å². The van der Waals surface area contributed by atoms with Crippen molar-refractivity contribution >= 4 is 22.9 Å². The summed E-state index contributed by atoms with van der Waals surface area (Å²) in [7, 11) is 0. The van der Waals surface area contributed by atoms with Gasteiger partial charge in [0.25, 0.3) is 0 Å². The summed E-state index contributed by atoms with van der Waals surface area (Å²) in [6.07, 6.45) is 0.746. The van der Waals surface area contributed by atoms with Crippen molar-refractivity contribution in [3.05, 3.63) is 78.1 Å². The molecule has 0 unspecified atom stereocenters. The summed E-state index contributed by atoms with van der Waals surface area (Å²) in [6.45, 7) is 5.57. The lowest BCUT2D eigenvalue weighted by Gasteiger charge is -2.33. The SMILES string of the molecule is C[C@@H](Nc1ncnc2[nH]c(-c3ccc(CN4CCN(C(=O)O)CC4)cc3)cc12)c1ccccc1. The summed E-state index contributed by atoms with van der Waals surface area (Å²) in [5.74, 6) is 0.806. The van der Waals surface area contributed by atoms with E-state index in [-0.39, 0.29) is 6.04 Å². The minimum atomic E-state index is -0.833. The highest BCUT2D eigenvalue weighted by Gasteiger charge is 2.20. The molecule has 4 aromatic rings. The van der Waals surface area contributed by atoms with Crippen molar-refractivity contribution in [2.24, 2.45) is 0 Å². The highest BCUT2D eigenvalue weighted by atomic mass is 16.4. The van der Waals surface area contributed by atoms with Crippen molar-refractivity contribution < 1.29 is 9.90 Å². The van der Waals surface area contributed by atoms with Gasteiger partial charge in [-0.15, -0.1) is 0 Å². The van der Waals surface area contributed by atoms with Gasteiger partial charge in [-0.05, 0) is 29.7 Å². The molecule has 0 bridgehead atoms. The summed E-state index contributed by atoms with van der Waals surface area (Å²) < 4.78 is 0. The number of aromatic nitrogens is 3. The predicted molar refractivity (Wildman–Crippen MR) is 133 cm³/mol. The zero-order valence-corrected chi connectivity index (χ0v) is 19.1. The minimum absolute atomic E-state index is 0.120. The van der Waals surface area contributed by atoms with Gasteiger partial charge in [0.2, 0.25) is 0 Å². The smallest absolute Gasteiger partial charge is 0.407 e. The molecule has 0 aliphatic carbocycles. The standard InChI is InChI=1S/C26H28N6O2/c1-18(20-5-3-2-4-6-20)29-24-22-15-23(30-25(22)28-17-27-24)21-9-7-19(8-10-21)16-31-11-13-32(14-12-31)26(33)34/h2-10,15,17-18H,11-14,16H2,1H3,(H,33,34)(H2,27,28,29,30)/t18-/m1/s1. The van der Waals surface area contributed by atoms with Crippen LogP contribution >= 0.6 is 0 Å². The molecule has 2 aromatic heterocycles. The van der Waals surface area contributed by atoms with Crippen LogP contribution in [0, 0.1) is 0 Å². The van der Waals surface area contributed by atoms with Crippen molar-refractivity contribution in [2.75, 3.05) is 31.5 Å². The Morgan fingerprint density at radius 3 is 2.50 bits per heavy atom. The molecule has 1 aliphatic rings. The Bertz CT molecular complexity index is 1260. The molecule has 8 heteroatoms. The highest BCUT2D eigenvalue weighted by Crippen LogP contribution is 2.29. The fourth-order valence-electron chi connectivity index (χ4n) is 4.39. The predicted octanol–water partition coefficient (Wildman–Crippen LogP) is 4.59. The Hall–Kier alpha value is -3.91. The number of anilines is 1. The average molecular weight is 457 g/mol. The molecule has 174 valence electrons.